The molecular formula is C80H156O17P2. The molecule has 99 heavy (non-hydrogen) atoms. The number of carbonyl (C=O) groups is 4. The Morgan fingerprint density at radius 2 is 0.485 bits per heavy atom. The zero-order valence-electron chi connectivity index (χ0n) is 65.1. The Bertz CT molecular complexity index is 1940. The van der Waals surface area contributed by atoms with Crippen LogP contribution in [0.2, 0.25) is 0 Å². The van der Waals surface area contributed by atoms with Crippen molar-refractivity contribution in [3.05, 3.63) is 0 Å². The van der Waals surface area contributed by atoms with E-state index in [2.05, 4.69) is 55.4 Å². The van der Waals surface area contributed by atoms with E-state index < -0.39 is 97.5 Å². The first-order valence-corrected chi connectivity index (χ1v) is 44.2. The van der Waals surface area contributed by atoms with Gasteiger partial charge >= 0.3 is 39.5 Å². The minimum Gasteiger partial charge on any atom is -0.462 e. The first kappa shape index (κ1) is 97.1. The van der Waals surface area contributed by atoms with Gasteiger partial charge in [0.15, 0.2) is 12.2 Å². The van der Waals surface area contributed by atoms with Gasteiger partial charge in [0.1, 0.15) is 19.3 Å². The fraction of sp³-hybridized carbons (Fsp3) is 0.950. The number of aliphatic hydroxyl groups excluding tert-OH is 1. The molecule has 0 saturated carbocycles. The normalized spacial score (nSPS) is 14.3. The van der Waals surface area contributed by atoms with Crippen molar-refractivity contribution >= 4 is 39.5 Å². The second kappa shape index (κ2) is 69.1. The smallest absolute Gasteiger partial charge is 0.462 e. The lowest BCUT2D eigenvalue weighted by Gasteiger charge is -2.21. The van der Waals surface area contributed by atoms with E-state index in [0.717, 1.165) is 115 Å². The summed E-state index contributed by atoms with van der Waals surface area (Å²) in [6.45, 7) is 14.2. The summed E-state index contributed by atoms with van der Waals surface area (Å²) in [6, 6.07) is 0. The van der Waals surface area contributed by atoms with Crippen LogP contribution in [0.1, 0.15) is 409 Å². The van der Waals surface area contributed by atoms with Crippen LogP contribution in [0.5, 0.6) is 0 Å². The number of rotatable bonds is 77. The molecule has 0 amide bonds. The van der Waals surface area contributed by atoms with Gasteiger partial charge in [-0.3, -0.25) is 37.3 Å². The van der Waals surface area contributed by atoms with Gasteiger partial charge < -0.3 is 33.8 Å². The van der Waals surface area contributed by atoms with E-state index in [1.807, 2.05) is 0 Å². The number of carbonyl (C=O) groups excluding carboxylic acids is 4. The fourth-order valence-corrected chi connectivity index (χ4v) is 13.8. The third-order valence-corrected chi connectivity index (χ3v) is 20.8. The maximum absolute atomic E-state index is 13.1. The van der Waals surface area contributed by atoms with Gasteiger partial charge in [-0.15, -0.1) is 0 Å². The van der Waals surface area contributed by atoms with Crippen molar-refractivity contribution in [3.8, 4) is 0 Å². The van der Waals surface area contributed by atoms with E-state index in [1.54, 1.807) is 0 Å². The summed E-state index contributed by atoms with van der Waals surface area (Å²) in [7, 11) is -9.92. The summed E-state index contributed by atoms with van der Waals surface area (Å²) in [5.74, 6) is 0.918. The van der Waals surface area contributed by atoms with Crippen LogP contribution in [0.3, 0.4) is 0 Å². The van der Waals surface area contributed by atoms with Crippen molar-refractivity contribution in [1.29, 1.82) is 0 Å². The average molecular weight is 1450 g/mol. The molecule has 0 rings (SSSR count). The standard InChI is InChI=1S/C80H156O17P2/c1-9-73(8)59-51-43-33-29-25-21-17-12-10-11-13-18-22-26-30-34-46-54-62-79(84)96-75(66-90-77(82)60-52-44-38-36-41-49-57-71(4)5)68-94-98(86,87)92-64-74(81)65-93-99(88,89)95-69-76(67-91-78(83)61-53-45-39-37-42-50-58-72(6)7)97-80(85)63-55-47-35-31-27-23-19-15-14-16-20-24-28-32-40-48-56-70(2)3/h70-76,81H,9-69H2,1-8H3,(H,86,87)(H,88,89)/t73?,74-,75+,76+/m0/s1. The number of aliphatic hydroxyl groups is 1. The second-order valence-electron chi connectivity index (χ2n) is 30.5. The van der Waals surface area contributed by atoms with Crippen molar-refractivity contribution < 1.29 is 80.2 Å². The predicted molar refractivity (Wildman–Crippen MR) is 404 cm³/mol. The zero-order valence-corrected chi connectivity index (χ0v) is 66.9. The molecule has 0 saturated heterocycles. The lowest BCUT2D eigenvalue weighted by molar-refractivity contribution is -0.161. The Hall–Kier alpha value is -1.94. The van der Waals surface area contributed by atoms with E-state index in [0.29, 0.717) is 37.5 Å². The van der Waals surface area contributed by atoms with Crippen LogP contribution < -0.4 is 0 Å². The maximum Gasteiger partial charge on any atom is 0.472 e. The summed E-state index contributed by atoms with van der Waals surface area (Å²) in [4.78, 5) is 72.8. The second-order valence-corrected chi connectivity index (χ2v) is 33.4. The summed E-state index contributed by atoms with van der Waals surface area (Å²) in [6.07, 6.45) is 56.0. The monoisotopic (exact) mass is 1450 g/mol. The van der Waals surface area contributed by atoms with Gasteiger partial charge in [-0.05, 0) is 49.4 Å². The molecule has 0 bridgehead atoms. The highest BCUT2D eigenvalue weighted by Crippen LogP contribution is 2.45. The largest absolute Gasteiger partial charge is 0.472 e. The molecule has 588 valence electrons. The number of esters is 4. The van der Waals surface area contributed by atoms with Gasteiger partial charge in [0.25, 0.3) is 0 Å². The maximum atomic E-state index is 13.1. The lowest BCUT2D eigenvalue weighted by Crippen LogP contribution is -2.30. The molecule has 0 heterocycles. The van der Waals surface area contributed by atoms with Crippen LogP contribution in [-0.4, -0.2) is 96.7 Å². The Morgan fingerprint density at radius 3 is 0.717 bits per heavy atom. The summed E-state index contributed by atoms with van der Waals surface area (Å²) in [5.41, 5.74) is 0. The molecule has 3 N–H and O–H groups in total. The average Bonchev–Trinajstić information content (AvgIpc) is 0.956. The van der Waals surface area contributed by atoms with Crippen LogP contribution in [-0.2, 0) is 65.4 Å². The molecule has 6 atom stereocenters. The number of unbranched alkanes of at least 4 members (excludes halogenated alkanes) is 42. The number of hydrogen-bond donors (Lipinski definition) is 3. The van der Waals surface area contributed by atoms with Crippen molar-refractivity contribution in [3.63, 3.8) is 0 Å². The van der Waals surface area contributed by atoms with E-state index in [-0.39, 0.29) is 25.7 Å². The van der Waals surface area contributed by atoms with Crippen molar-refractivity contribution in [2.45, 2.75) is 427 Å². The molecule has 17 nitrogen and oxygen atoms in total. The number of phosphoric acid groups is 2. The van der Waals surface area contributed by atoms with Crippen molar-refractivity contribution in [2.24, 2.45) is 23.7 Å². The lowest BCUT2D eigenvalue weighted by atomic mass is 9.99. The van der Waals surface area contributed by atoms with E-state index in [4.69, 9.17) is 37.0 Å². The highest BCUT2D eigenvalue weighted by atomic mass is 31.2. The van der Waals surface area contributed by atoms with Gasteiger partial charge in [0.2, 0.25) is 0 Å². The topological polar surface area (TPSA) is 237 Å². The first-order valence-electron chi connectivity index (χ1n) is 41.2. The molecule has 0 radical (unpaired) electrons. The third-order valence-electron chi connectivity index (χ3n) is 18.9. The molecule has 0 aromatic carbocycles. The minimum atomic E-state index is -4.96. The molecule has 0 aromatic rings. The molecule has 0 aromatic heterocycles. The Labute approximate surface area is 607 Å². The Morgan fingerprint density at radius 1 is 0.283 bits per heavy atom. The van der Waals surface area contributed by atoms with Crippen LogP contribution in [0, 0.1) is 23.7 Å². The van der Waals surface area contributed by atoms with Gasteiger partial charge in [-0.2, -0.15) is 0 Å². The van der Waals surface area contributed by atoms with Gasteiger partial charge in [0, 0.05) is 25.7 Å². The Balaban J connectivity index is 5.11. The number of hydrogen-bond acceptors (Lipinski definition) is 15. The van der Waals surface area contributed by atoms with Crippen LogP contribution in [0.4, 0.5) is 0 Å². The molecule has 0 spiro atoms. The molecule has 0 aliphatic heterocycles. The fourth-order valence-electron chi connectivity index (χ4n) is 12.2. The number of phosphoric ester groups is 2. The molecule has 0 fully saturated rings. The van der Waals surface area contributed by atoms with Crippen molar-refractivity contribution in [2.75, 3.05) is 39.6 Å². The zero-order chi connectivity index (χ0) is 73.1. The van der Waals surface area contributed by atoms with Crippen LogP contribution >= 0.6 is 15.6 Å². The SMILES string of the molecule is CCC(C)CCCCCCCCCCCCCCCCCCCCC(=O)O[C@H](COC(=O)CCCCCCCCC(C)C)COP(=O)(O)OC[C@H](O)COP(=O)(O)OC[C@@H](COC(=O)CCCCCCCCC(C)C)OC(=O)CCCCCCCCCCCCCCCCCCC(C)C. The Kier molecular flexibility index (Phi) is 67.8. The van der Waals surface area contributed by atoms with Gasteiger partial charge in [-0.25, -0.2) is 9.13 Å². The molecule has 19 heteroatoms. The van der Waals surface area contributed by atoms with Crippen LogP contribution in [0.15, 0.2) is 0 Å². The van der Waals surface area contributed by atoms with E-state index in [9.17, 15) is 43.2 Å². The summed E-state index contributed by atoms with van der Waals surface area (Å²) < 4.78 is 68.5. The minimum absolute atomic E-state index is 0.106. The molecular weight excluding hydrogens is 1290 g/mol. The molecule has 3 unspecified atom stereocenters. The highest BCUT2D eigenvalue weighted by Gasteiger charge is 2.30. The summed E-state index contributed by atoms with van der Waals surface area (Å²) >= 11 is 0. The van der Waals surface area contributed by atoms with Crippen LogP contribution in [0.25, 0.3) is 0 Å². The predicted octanol–water partition coefficient (Wildman–Crippen LogP) is 23.6. The highest BCUT2D eigenvalue weighted by molar-refractivity contribution is 7.47. The van der Waals surface area contributed by atoms with E-state index >= 15 is 0 Å². The molecule has 0 aliphatic carbocycles. The van der Waals surface area contributed by atoms with Gasteiger partial charge in [-0.1, -0.05) is 357 Å². The van der Waals surface area contributed by atoms with Crippen molar-refractivity contribution in [1.82, 2.24) is 0 Å². The van der Waals surface area contributed by atoms with E-state index in [1.165, 1.54) is 199 Å². The third kappa shape index (κ3) is 72.8. The number of ether oxygens (including phenoxy) is 4. The molecule has 0 aliphatic rings. The van der Waals surface area contributed by atoms with Gasteiger partial charge in [0.05, 0.1) is 26.4 Å². The summed E-state index contributed by atoms with van der Waals surface area (Å²) in [5, 5.41) is 10.6. The quantitative estimate of drug-likeness (QED) is 0.0222. The first-order chi connectivity index (χ1) is 47.6.